The maximum absolute atomic E-state index is 12.6. The molecule has 9 heteroatoms. The highest BCUT2D eigenvalue weighted by Gasteiger charge is 2.15. The van der Waals surface area contributed by atoms with E-state index in [0.717, 1.165) is 17.3 Å². The molecule has 27 heavy (non-hydrogen) atoms. The molecule has 0 heterocycles. The van der Waals surface area contributed by atoms with Crippen molar-refractivity contribution in [2.75, 3.05) is 11.9 Å². The zero-order valence-electron chi connectivity index (χ0n) is 14.5. The Morgan fingerprint density at radius 3 is 2.59 bits per heavy atom. The Hall–Kier alpha value is -2.52. The van der Waals surface area contributed by atoms with Gasteiger partial charge in [-0.3, -0.25) is 20.2 Å². The molecule has 0 saturated carbocycles. The lowest BCUT2D eigenvalue weighted by Gasteiger charge is -2.13. The zero-order valence-corrected chi connectivity index (χ0v) is 16.9. The normalized spacial score (nSPS) is 10.1. The molecule has 2 aromatic carbocycles. The third-order valence-electron chi connectivity index (χ3n) is 3.50. The van der Waals surface area contributed by atoms with Crippen molar-refractivity contribution in [2.24, 2.45) is 0 Å². The minimum atomic E-state index is -0.489. The second kappa shape index (κ2) is 9.98. The minimum Gasteiger partial charge on any atom is -0.493 e. The number of carbonyl (C=O) groups excluding carboxylic acids is 1. The van der Waals surface area contributed by atoms with E-state index >= 15 is 0 Å². The number of thiocarbonyl (C=S) groups is 1. The molecule has 0 atom stereocenters. The maximum atomic E-state index is 12.6. The van der Waals surface area contributed by atoms with Crippen molar-refractivity contribution in [3.63, 3.8) is 0 Å². The molecule has 142 valence electrons. The van der Waals surface area contributed by atoms with E-state index in [0.29, 0.717) is 23.6 Å². The summed E-state index contributed by atoms with van der Waals surface area (Å²) in [6.07, 6.45) is 1.87. The van der Waals surface area contributed by atoms with Crippen LogP contribution < -0.4 is 15.4 Å². The Morgan fingerprint density at radius 2 is 1.96 bits per heavy atom. The number of unbranched alkanes of at least 4 members (excludes halogenated alkanes) is 1. The minimum absolute atomic E-state index is 0.0292. The molecule has 0 radical (unpaired) electrons. The van der Waals surface area contributed by atoms with Crippen LogP contribution in [-0.4, -0.2) is 22.5 Å². The van der Waals surface area contributed by atoms with Crippen LogP contribution in [0.25, 0.3) is 0 Å². The van der Waals surface area contributed by atoms with Gasteiger partial charge in [-0.1, -0.05) is 29.3 Å². The number of halogens is 1. The summed E-state index contributed by atoms with van der Waals surface area (Å²) in [6.45, 7) is 2.57. The molecule has 0 aliphatic rings. The molecule has 0 unspecified atom stereocenters. The molecule has 7 nitrogen and oxygen atoms in total. The van der Waals surface area contributed by atoms with E-state index in [9.17, 15) is 14.9 Å². The monoisotopic (exact) mass is 451 g/mol. The van der Waals surface area contributed by atoms with Crippen LogP contribution in [0, 0.1) is 10.1 Å². The fourth-order valence-corrected chi connectivity index (χ4v) is 2.70. The van der Waals surface area contributed by atoms with Gasteiger partial charge in [-0.25, -0.2) is 0 Å². The molecule has 1 amide bonds. The van der Waals surface area contributed by atoms with E-state index in [2.05, 4.69) is 33.5 Å². The third kappa shape index (κ3) is 6.30. The van der Waals surface area contributed by atoms with E-state index in [-0.39, 0.29) is 10.8 Å². The summed E-state index contributed by atoms with van der Waals surface area (Å²) in [7, 11) is 0. The van der Waals surface area contributed by atoms with E-state index in [1.165, 1.54) is 24.3 Å². The summed E-state index contributed by atoms with van der Waals surface area (Å²) in [5.74, 6) is 0.0597. The van der Waals surface area contributed by atoms with Crippen molar-refractivity contribution in [1.82, 2.24) is 5.32 Å². The van der Waals surface area contributed by atoms with Gasteiger partial charge in [0.15, 0.2) is 5.11 Å². The van der Waals surface area contributed by atoms with Crippen LogP contribution in [0.4, 0.5) is 11.4 Å². The molecule has 0 fully saturated rings. The summed E-state index contributed by atoms with van der Waals surface area (Å²) in [6, 6.07) is 10.9. The van der Waals surface area contributed by atoms with E-state index < -0.39 is 10.8 Å². The number of amides is 1. The second-order valence-electron chi connectivity index (χ2n) is 5.55. The summed E-state index contributed by atoms with van der Waals surface area (Å²) in [4.78, 5) is 22.8. The van der Waals surface area contributed by atoms with Crippen LogP contribution in [0.15, 0.2) is 46.9 Å². The quantitative estimate of drug-likeness (QED) is 0.275. The number of hydrogen-bond acceptors (Lipinski definition) is 5. The predicted molar refractivity (Wildman–Crippen MR) is 111 cm³/mol. The van der Waals surface area contributed by atoms with Gasteiger partial charge in [0.2, 0.25) is 0 Å². The molecule has 0 spiro atoms. The number of nitro groups is 1. The average molecular weight is 452 g/mol. The first-order chi connectivity index (χ1) is 12.9. The number of nitro benzene ring substituents is 1. The van der Waals surface area contributed by atoms with Gasteiger partial charge in [-0.2, -0.15) is 0 Å². The van der Waals surface area contributed by atoms with Crippen LogP contribution >= 0.6 is 28.1 Å². The van der Waals surface area contributed by atoms with Crippen molar-refractivity contribution in [3.8, 4) is 5.75 Å². The summed E-state index contributed by atoms with van der Waals surface area (Å²) >= 11 is 8.50. The topological polar surface area (TPSA) is 93.5 Å². The molecule has 0 aliphatic carbocycles. The van der Waals surface area contributed by atoms with Gasteiger partial charge < -0.3 is 10.1 Å². The Labute approximate surface area is 170 Å². The Morgan fingerprint density at radius 1 is 1.26 bits per heavy atom. The van der Waals surface area contributed by atoms with Gasteiger partial charge in [0.1, 0.15) is 5.75 Å². The average Bonchev–Trinajstić information content (AvgIpc) is 2.63. The summed E-state index contributed by atoms with van der Waals surface area (Å²) in [5, 5.41) is 16.2. The number of hydrogen-bond donors (Lipinski definition) is 2. The standard InChI is InChI=1S/C18H18BrN3O4S/c1-2-3-10-26-16-9-4-12(19)11-15(16)17(23)21-18(27)20-13-5-7-14(8-6-13)22(24)25/h4-9,11H,2-3,10H2,1H3,(H2,20,21,23,27). The molecule has 2 N–H and O–H groups in total. The highest BCUT2D eigenvalue weighted by molar-refractivity contribution is 9.10. The number of benzene rings is 2. The van der Waals surface area contributed by atoms with Crippen molar-refractivity contribution >= 4 is 50.5 Å². The van der Waals surface area contributed by atoms with Gasteiger partial charge >= 0.3 is 0 Å². The maximum Gasteiger partial charge on any atom is 0.269 e. The SMILES string of the molecule is CCCCOc1ccc(Br)cc1C(=O)NC(=S)Nc1ccc([N+](=O)[O-])cc1. The van der Waals surface area contributed by atoms with Crippen LogP contribution in [0.5, 0.6) is 5.75 Å². The zero-order chi connectivity index (χ0) is 19.8. The smallest absolute Gasteiger partial charge is 0.269 e. The van der Waals surface area contributed by atoms with Crippen molar-refractivity contribution in [1.29, 1.82) is 0 Å². The van der Waals surface area contributed by atoms with Crippen LogP contribution in [0.1, 0.15) is 30.1 Å². The number of nitrogens with zero attached hydrogens (tertiary/aromatic N) is 1. The predicted octanol–water partition coefficient (Wildman–Crippen LogP) is 4.66. The van der Waals surface area contributed by atoms with Gasteiger partial charge in [-0.05, 0) is 49.0 Å². The lowest BCUT2D eigenvalue weighted by Crippen LogP contribution is -2.34. The van der Waals surface area contributed by atoms with Crippen LogP contribution in [-0.2, 0) is 0 Å². The lowest BCUT2D eigenvalue weighted by molar-refractivity contribution is -0.384. The Bertz CT molecular complexity index is 843. The molecule has 0 aliphatic heterocycles. The van der Waals surface area contributed by atoms with E-state index in [1.54, 1.807) is 18.2 Å². The number of carbonyl (C=O) groups is 1. The van der Waals surface area contributed by atoms with Crippen molar-refractivity contribution in [2.45, 2.75) is 19.8 Å². The highest BCUT2D eigenvalue weighted by Crippen LogP contribution is 2.24. The number of ether oxygens (including phenoxy) is 1. The fraction of sp³-hybridized carbons (Fsp3) is 0.222. The number of rotatable bonds is 7. The molecular weight excluding hydrogens is 434 g/mol. The van der Waals surface area contributed by atoms with E-state index in [4.69, 9.17) is 17.0 Å². The molecule has 0 saturated heterocycles. The number of anilines is 1. The molecular formula is C18H18BrN3O4S. The first kappa shape index (κ1) is 20.8. The molecule has 2 aromatic rings. The first-order valence-corrected chi connectivity index (χ1v) is 9.40. The molecule has 0 bridgehead atoms. The number of non-ortho nitro benzene ring substituents is 1. The van der Waals surface area contributed by atoms with Gasteiger partial charge in [-0.15, -0.1) is 0 Å². The van der Waals surface area contributed by atoms with Crippen molar-refractivity contribution < 1.29 is 14.5 Å². The first-order valence-electron chi connectivity index (χ1n) is 8.20. The van der Waals surface area contributed by atoms with Gasteiger partial charge in [0, 0.05) is 22.3 Å². The molecule has 2 rings (SSSR count). The third-order valence-corrected chi connectivity index (χ3v) is 4.20. The van der Waals surface area contributed by atoms with Gasteiger partial charge in [0.05, 0.1) is 17.1 Å². The van der Waals surface area contributed by atoms with Crippen LogP contribution in [0.3, 0.4) is 0 Å². The second-order valence-corrected chi connectivity index (χ2v) is 6.88. The summed E-state index contributed by atoms with van der Waals surface area (Å²) in [5.41, 5.74) is 0.853. The van der Waals surface area contributed by atoms with Crippen LogP contribution in [0.2, 0.25) is 0 Å². The van der Waals surface area contributed by atoms with E-state index in [1.807, 2.05) is 0 Å². The summed E-state index contributed by atoms with van der Waals surface area (Å²) < 4.78 is 6.42. The Kier molecular flexibility index (Phi) is 7.68. The Balaban J connectivity index is 2.04. The molecule has 0 aromatic heterocycles. The lowest BCUT2D eigenvalue weighted by atomic mass is 10.2. The number of nitrogens with one attached hydrogen (secondary N) is 2. The largest absolute Gasteiger partial charge is 0.493 e. The fourth-order valence-electron chi connectivity index (χ4n) is 2.13. The van der Waals surface area contributed by atoms with Crippen molar-refractivity contribution in [3.05, 3.63) is 62.6 Å². The van der Waals surface area contributed by atoms with Gasteiger partial charge in [0.25, 0.3) is 11.6 Å². The highest BCUT2D eigenvalue weighted by atomic mass is 79.9.